The zero-order valence-electron chi connectivity index (χ0n) is 14.8. The van der Waals surface area contributed by atoms with Gasteiger partial charge in [0.25, 0.3) is 5.69 Å². The quantitative estimate of drug-likeness (QED) is 0.469. The van der Waals surface area contributed by atoms with Gasteiger partial charge in [0, 0.05) is 42.6 Å². The van der Waals surface area contributed by atoms with Crippen LogP contribution in [0.4, 0.5) is 5.69 Å². The van der Waals surface area contributed by atoms with Gasteiger partial charge in [-0.3, -0.25) is 15.0 Å². The maximum absolute atomic E-state index is 11.7. The van der Waals surface area contributed by atoms with Crippen molar-refractivity contribution in [3.63, 3.8) is 0 Å². The lowest BCUT2D eigenvalue weighted by Crippen LogP contribution is -2.30. The number of benzene rings is 2. The Morgan fingerprint density at radius 1 is 1.04 bits per heavy atom. The Morgan fingerprint density at radius 2 is 1.81 bits per heavy atom. The molecular formula is C21H20ClN3O2. The Hall–Kier alpha value is -2.63. The zero-order valence-corrected chi connectivity index (χ0v) is 15.5. The fraction of sp³-hybridized carbons (Fsp3) is 0.238. The molecule has 1 atom stereocenters. The molecule has 0 saturated carbocycles. The van der Waals surface area contributed by atoms with Crippen molar-refractivity contribution in [2.75, 3.05) is 6.54 Å². The largest absolute Gasteiger partial charge is 0.350 e. The molecule has 0 amide bonds. The molecule has 0 aliphatic carbocycles. The van der Waals surface area contributed by atoms with Crippen molar-refractivity contribution >= 4 is 17.3 Å². The van der Waals surface area contributed by atoms with E-state index in [1.807, 2.05) is 42.5 Å². The highest BCUT2D eigenvalue weighted by Crippen LogP contribution is 2.37. The number of fused-ring (bicyclic) bond motifs is 1. The van der Waals surface area contributed by atoms with E-state index >= 15 is 0 Å². The predicted octanol–water partition coefficient (Wildman–Crippen LogP) is 5.05. The van der Waals surface area contributed by atoms with Crippen molar-refractivity contribution in [3.05, 3.63) is 98.8 Å². The fourth-order valence-corrected chi connectivity index (χ4v) is 4.00. The summed E-state index contributed by atoms with van der Waals surface area (Å²) in [6.07, 6.45) is 3.05. The van der Waals surface area contributed by atoms with Gasteiger partial charge in [-0.05, 0) is 36.2 Å². The van der Waals surface area contributed by atoms with Crippen LogP contribution in [0.3, 0.4) is 0 Å². The van der Waals surface area contributed by atoms with Gasteiger partial charge in [-0.1, -0.05) is 41.9 Å². The minimum atomic E-state index is -0.284. The summed E-state index contributed by atoms with van der Waals surface area (Å²) in [5.41, 5.74) is 3.13. The second kappa shape index (κ2) is 7.55. The molecule has 0 fully saturated rings. The molecule has 138 valence electrons. The van der Waals surface area contributed by atoms with Crippen molar-refractivity contribution in [3.8, 4) is 0 Å². The van der Waals surface area contributed by atoms with Gasteiger partial charge in [-0.25, -0.2) is 0 Å². The van der Waals surface area contributed by atoms with Crippen molar-refractivity contribution in [1.29, 1.82) is 0 Å². The number of aromatic nitrogens is 1. The first-order valence-corrected chi connectivity index (χ1v) is 9.38. The lowest BCUT2D eigenvalue weighted by Gasteiger charge is -2.30. The minimum Gasteiger partial charge on any atom is -0.350 e. The molecule has 1 aliphatic rings. The van der Waals surface area contributed by atoms with Crippen molar-refractivity contribution in [2.45, 2.75) is 25.6 Å². The van der Waals surface area contributed by atoms with Gasteiger partial charge in [0.05, 0.1) is 16.5 Å². The maximum Gasteiger partial charge on any atom is 0.274 e. The number of hydrogen-bond acceptors (Lipinski definition) is 3. The molecule has 0 radical (unpaired) electrons. The van der Waals surface area contributed by atoms with Crippen molar-refractivity contribution < 1.29 is 4.92 Å². The Balaban J connectivity index is 1.79. The molecule has 5 nitrogen and oxygen atoms in total. The van der Waals surface area contributed by atoms with Crippen LogP contribution in [0.1, 0.15) is 29.3 Å². The predicted molar refractivity (Wildman–Crippen MR) is 106 cm³/mol. The van der Waals surface area contributed by atoms with Crippen LogP contribution in [-0.4, -0.2) is 20.9 Å². The second-order valence-corrected chi connectivity index (χ2v) is 7.23. The first-order chi connectivity index (χ1) is 13.1. The molecule has 4 rings (SSSR count). The van der Waals surface area contributed by atoms with E-state index < -0.39 is 0 Å². The smallest absolute Gasteiger partial charge is 0.274 e. The van der Waals surface area contributed by atoms with Gasteiger partial charge in [0.15, 0.2) is 0 Å². The Labute approximate surface area is 162 Å². The van der Waals surface area contributed by atoms with Crippen LogP contribution in [0.25, 0.3) is 0 Å². The summed E-state index contributed by atoms with van der Waals surface area (Å²) >= 11 is 6.02. The molecule has 6 heteroatoms. The molecule has 1 unspecified atom stereocenters. The zero-order chi connectivity index (χ0) is 18.8. The number of nitro groups is 1. The van der Waals surface area contributed by atoms with E-state index in [-0.39, 0.29) is 16.7 Å². The highest BCUT2D eigenvalue weighted by Gasteiger charge is 2.32. The van der Waals surface area contributed by atoms with Gasteiger partial charge >= 0.3 is 0 Å². The van der Waals surface area contributed by atoms with E-state index in [0.29, 0.717) is 11.6 Å². The Kier molecular flexibility index (Phi) is 4.97. The van der Waals surface area contributed by atoms with E-state index in [1.165, 1.54) is 0 Å². The molecule has 0 N–H and O–H groups in total. The standard InChI is InChI=1S/C21H20ClN3O2/c22-17-10-8-16(9-11-17)15-24-14-4-13-23-12-3-7-20(23)21(24)18-5-1-2-6-19(18)25(26)27/h1-3,5-12,21H,4,13-15H2. The monoisotopic (exact) mass is 381 g/mol. The topological polar surface area (TPSA) is 51.3 Å². The van der Waals surface area contributed by atoms with Crippen LogP contribution in [0.2, 0.25) is 5.02 Å². The van der Waals surface area contributed by atoms with E-state index in [1.54, 1.807) is 12.1 Å². The SMILES string of the molecule is O=[N+]([O-])c1ccccc1C1c2cccn2CCCN1Cc1ccc(Cl)cc1. The Morgan fingerprint density at radius 3 is 2.59 bits per heavy atom. The van der Waals surface area contributed by atoms with Crippen LogP contribution >= 0.6 is 11.6 Å². The van der Waals surface area contributed by atoms with Crippen molar-refractivity contribution in [1.82, 2.24) is 9.47 Å². The molecule has 0 saturated heterocycles. The average molecular weight is 382 g/mol. The highest BCUT2D eigenvalue weighted by molar-refractivity contribution is 6.30. The lowest BCUT2D eigenvalue weighted by molar-refractivity contribution is -0.385. The van der Waals surface area contributed by atoms with Crippen LogP contribution < -0.4 is 0 Å². The van der Waals surface area contributed by atoms with Crippen LogP contribution in [0.15, 0.2) is 66.9 Å². The summed E-state index contributed by atoms with van der Waals surface area (Å²) in [5, 5.41) is 12.4. The maximum atomic E-state index is 11.7. The molecule has 0 bridgehead atoms. The molecule has 27 heavy (non-hydrogen) atoms. The number of aryl methyl sites for hydroxylation is 1. The third-order valence-electron chi connectivity index (χ3n) is 5.08. The summed E-state index contributed by atoms with van der Waals surface area (Å²) in [6, 6.07) is 18.8. The molecular weight excluding hydrogens is 362 g/mol. The summed E-state index contributed by atoms with van der Waals surface area (Å²) in [5.74, 6) is 0. The highest BCUT2D eigenvalue weighted by atomic mass is 35.5. The summed E-state index contributed by atoms with van der Waals surface area (Å²) in [7, 11) is 0. The summed E-state index contributed by atoms with van der Waals surface area (Å²) in [6.45, 7) is 2.48. The number of nitro benzene ring substituents is 1. The minimum absolute atomic E-state index is 0.165. The summed E-state index contributed by atoms with van der Waals surface area (Å²) < 4.78 is 2.21. The van der Waals surface area contributed by atoms with Gasteiger partial charge in [-0.15, -0.1) is 0 Å². The first-order valence-electron chi connectivity index (χ1n) is 9.00. The van der Waals surface area contributed by atoms with Gasteiger partial charge in [0.1, 0.15) is 0 Å². The van der Waals surface area contributed by atoms with Gasteiger partial charge < -0.3 is 4.57 Å². The van der Waals surface area contributed by atoms with E-state index in [4.69, 9.17) is 11.6 Å². The first kappa shape index (κ1) is 17.8. The van der Waals surface area contributed by atoms with E-state index in [2.05, 4.69) is 21.7 Å². The number of hydrogen-bond donors (Lipinski definition) is 0. The third kappa shape index (κ3) is 3.61. The molecule has 2 aromatic carbocycles. The second-order valence-electron chi connectivity index (χ2n) is 6.80. The molecule has 3 aromatic rings. The number of rotatable bonds is 4. The molecule has 0 spiro atoms. The van der Waals surface area contributed by atoms with E-state index in [0.717, 1.165) is 36.3 Å². The van der Waals surface area contributed by atoms with Crippen LogP contribution in [0.5, 0.6) is 0 Å². The number of nitrogens with zero attached hydrogens (tertiary/aromatic N) is 3. The van der Waals surface area contributed by atoms with Crippen LogP contribution in [0, 0.1) is 10.1 Å². The fourth-order valence-electron chi connectivity index (χ4n) is 3.88. The van der Waals surface area contributed by atoms with Crippen LogP contribution in [-0.2, 0) is 13.1 Å². The average Bonchev–Trinajstić information content (AvgIpc) is 3.05. The normalized spacial score (nSPS) is 17.3. The number of para-hydroxylation sites is 1. The molecule has 1 aromatic heterocycles. The molecule has 1 aliphatic heterocycles. The molecule has 2 heterocycles. The Bertz CT molecular complexity index is 952. The number of halogens is 1. The van der Waals surface area contributed by atoms with Gasteiger partial charge in [-0.2, -0.15) is 0 Å². The lowest BCUT2D eigenvalue weighted by atomic mass is 9.99. The third-order valence-corrected chi connectivity index (χ3v) is 5.33. The van der Waals surface area contributed by atoms with Crippen molar-refractivity contribution in [2.24, 2.45) is 0 Å². The summed E-state index contributed by atoms with van der Waals surface area (Å²) in [4.78, 5) is 13.7. The van der Waals surface area contributed by atoms with E-state index in [9.17, 15) is 10.1 Å². The van der Waals surface area contributed by atoms with Gasteiger partial charge in [0.2, 0.25) is 0 Å².